The van der Waals surface area contributed by atoms with Crippen molar-refractivity contribution < 1.29 is 17.8 Å². The fourth-order valence-electron chi connectivity index (χ4n) is 1.16. The van der Waals surface area contributed by atoms with Crippen LogP contribution in [0.3, 0.4) is 0 Å². The van der Waals surface area contributed by atoms with Crippen LogP contribution in [-0.4, -0.2) is 28.7 Å². The van der Waals surface area contributed by atoms with Gasteiger partial charge < -0.3 is 5.32 Å². The van der Waals surface area contributed by atoms with E-state index in [4.69, 9.17) is 0 Å². The second kappa shape index (κ2) is 6.20. The second-order valence-electron chi connectivity index (χ2n) is 3.28. The van der Waals surface area contributed by atoms with Gasteiger partial charge >= 0.3 is 0 Å². The van der Waals surface area contributed by atoms with Crippen LogP contribution < -0.4 is 5.32 Å². The molecule has 0 aliphatic heterocycles. The number of rotatable bonds is 4. The molecule has 1 atom stereocenters. The van der Waals surface area contributed by atoms with E-state index in [1.165, 1.54) is 6.26 Å². The van der Waals surface area contributed by atoms with Gasteiger partial charge in [-0.05, 0) is 12.1 Å². The Morgan fingerprint density at radius 2 is 1.94 bits per heavy atom. The first-order valence-corrected chi connectivity index (χ1v) is 7.16. The molecule has 1 aromatic rings. The van der Waals surface area contributed by atoms with Crippen molar-refractivity contribution in [3.63, 3.8) is 0 Å². The summed E-state index contributed by atoms with van der Waals surface area (Å²) >= 11 is 2.92. The van der Waals surface area contributed by atoms with E-state index in [1.54, 1.807) is 0 Å². The molecule has 0 spiro atoms. The Morgan fingerprint density at radius 1 is 1.41 bits per heavy atom. The second-order valence-corrected chi connectivity index (χ2v) is 5.75. The van der Waals surface area contributed by atoms with Crippen LogP contribution in [0.25, 0.3) is 0 Å². The maximum Gasteiger partial charge on any atom is 0.257 e. The number of nitrogens with one attached hydrogen (secondary N) is 1. The van der Waals surface area contributed by atoms with Crippen LogP contribution in [0.5, 0.6) is 0 Å². The average Bonchev–Trinajstić information content (AvgIpc) is 2.14. The van der Waals surface area contributed by atoms with Crippen molar-refractivity contribution in [1.82, 2.24) is 5.32 Å². The molecule has 1 aromatic carbocycles. The third-order valence-corrected chi connectivity index (χ3v) is 3.15. The molecule has 1 N–H and O–H groups in total. The predicted octanol–water partition coefficient (Wildman–Crippen LogP) is 1.84. The maximum absolute atomic E-state index is 13.4. The summed E-state index contributed by atoms with van der Waals surface area (Å²) in [4.78, 5) is 11.5. The van der Waals surface area contributed by atoms with Gasteiger partial charge in [-0.2, -0.15) is 0 Å². The molecule has 17 heavy (non-hydrogen) atoms. The smallest absolute Gasteiger partial charge is 0.257 e. The van der Waals surface area contributed by atoms with E-state index in [0.717, 1.165) is 12.1 Å². The van der Waals surface area contributed by atoms with E-state index in [-0.39, 0.29) is 16.8 Å². The quantitative estimate of drug-likeness (QED) is 0.918. The van der Waals surface area contributed by atoms with Crippen LogP contribution in [0, 0.1) is 11.6 Å². The van der Waals surface area contributed by atoms with Gasteiger partial charge in [0.25, 0.3) is 5.91 Å². The number of carbonyl (C=O) groups excluding carboxylic acids is 1. The fourth-order valence-corrected chi connectivity index (χ4v) is 1.95. The van der Waals surface area contributed by atoms with Crippen LogP contribution in [0.15, 0.2) is 16.6 Å². The molecule has 7 heteroatoms. The van der Waals surface area contributed by atoms with Crippen molar-refractivity contribution in [3.05, 3.63) is 33.8 Å². The highest BCUT2D eigenvalue weighted by atomic mass is 79.9. The van der Waals surface area contributed by atoms with Gasteiger partial charge in [-0.1, -0.05) is 15.9 Å². The summed E-state index contributed by atoms with van der Waals surface area (Å²) in [7, 11) is -1.06. The first kappa shape index (κ1) is 14.2. The summed E-state index contributed by atoms with van der Waals surface area (Å²) in [5, 5.41) is 2.30. The summed E-state index contributed by atoms with van der Waals surface area (Å²) < 4.78 is 37.7. The van der Waals surface area contributed by atoms with Gasteiger partial charge in [0.15, 0.2) is 0 Å². The molecule has 0 bridgehead atoms. The van der Waals surface area contributed by atoms with Crippen molar-refractivity contribution >= 4 is 32.6 Å². The van der Waals surface area contributed by atoms with Gasteiger partial charge in [-0.25, -0.2) is 8.78 Å². The number of hydrogen-bond acceptors (Lipinski definition) is 2. The highest BCUT2D eigenvalue weighted by molar-refractivity contribution is 9.10. The number of carbonyl (C=O) groups is 1. The highest BCUT2D eigenvalue weighted by Gasteiger charge is 2.17. The van der Waals surface area contributed by atoms with E-state index < -0.39 is 33.9 Å². The summed E-state index contributed by atoms with van der Waals surface area (Å²) in [5.41, 5.74) is -0.630. The lowest BCUT2D eigenvalue weighted by atomic mass is 10.2. The summed E-state index contributed by atoms with van der Waals surface area (Å²) in [6, 6.07) is 2.02. The van der Waals surface area contributed by atoms with Crippen LogP contribution in [0.2, 0.25) is 0 Å². The fraction of sp³-hybridized carbons (Fsp3) is 0.300. The van der Waals surface area contributed by atoms with Gasteiger partial charge in [0, 0.05) is 33.8 Å². The van der Waals surface area contributed by atoms with Crippen molar-refractivity contribution in [2.24, 2.45) is 0 Å². The molecule has 1 rings (SSSR count). The van der Waals surface area contributed by atoms with Crippen molar-refractivity contribution in [2.75, 3.05) is 18.6 Å². The zero-order valence-electron chi connectivity index (χ0n) is 8.93. The van der Waals surface area contributed by atoms with E-state index in [2.05, 4.69) is 21.2 Å². The third-order valence-electron chi connectivity index (χ3n) is 1.91. The maximum atomic E-state index is 13.4. The number of halogens is 3. The molecular formula is C10H10BrF2NO2S. The van der Waals surface area contributed by atoms with Gasteiger partial charge in [0.2, 0.25) is 0 Å². The summed E-state index contributed by atoms with van der Waals surface area (Å²) in [5.74, 6) is -2.48. The molecule has 0 saturated heterocycles. The van der Waals surface area contributed by atoms with E-state index in [9.17, 15) is 17.8 Å². The molecule has 1 amide bonds. The van der Waals surface area contributed by atoms with Crippen molar-refractivity contribution in [3.8, 4) is 0 Å². The number of amides is 1. The van der Waals surface area contributed by atoms with Gasteiger partial charge in [-0.3, -0.25) is 9.00 Å². The standard InChI is InChI=1S/C10H10BrF2NO2S/c1-17(16)3-2-14-10(15)9-7(12)4-6(11)5-8(9)13/h4-5H,2-3H2,1H3,(H,14,15). The molecule has 3 nitrogen and oxygen atoms in total. The predicted molar refractivity (Wildman–Crippen MR) is 65.3 cm³/mol. The summed E-state index contributed by atoms with van der Waals surface area (Å²) in [6.07, 6.45) is 1.48. The first-order valence-electron chi connectivity index (χ1n) is 4.64. The zero-order valence-corrected chi connectivity index (χ0v) is 11.3. The first-order chi connectivity index (χ1) is 7.91. The third kappa shape index (κ3) is 4.16. The van der Waals surface area contributed by atoms with Crippen LogP contribution in [0.4, 0.5) is 8.78 Å². The number of benzene rings is 1. The molecule has 0 aromatic heterocycles. The Labute approximate surface area is 108 Å². The topological polar surface area (TPSA) is 46.2 Å². The Morgan fingerprint density at radius 3 is 2.41 bits per heavy atom. The molecule has 0 aliphatic rings. The molecule has 94 valence electrons. The zero-order chi connectivity index (χ0) is 13.0. The Balaban J connectivity index is 2.79. The average molecular weight is 326 g/mol. The van der Waals surface area contributed by atoms with Gasteiger partial charge in [0.05, 0.1) is 0 Å². The Kier molecular flexibility index (Phi) is 5.20. The lowest BCUT2D eigenvalue weighted by Crippen LogP contribution is -2.29. The van der Waals surface area contributed by atoms with Crippen molar-refractivity contribution in [2.45, 2.75) is 0 Å². The molecular weight excluding hydrogens is 316 g/mol. The number of hydrogen-bond donors (Lipinski definition) is 1. The highest BCUT2D eigenvalue weighted by Crippen LogP contribution is 2.19. The molecule has 1 unspecified atom stereocenters. The van der Waals surface area contributed by atoms with Crippen LogP contribution >= 0.6 is 15.9 Å². The molecule has 0 saturated carbocycles. The SMILES string of the molecule is CS(=O)CCNC(=O)c1c(F)cc(Br)cc1F. The Bertz CT molecular complexity index is 445. The molecule has 0 aliphatic carbocycles. The minimum atomic E-state index is -1.06. The lowest BCUT2D eigenvalue weighted by Gasteiger charge is -2.06. The lowest BCUT2D eigenvalue weighted by molar-refractivity contribution is 0.0947. The van der Waals surface area contributed by atoms with Crippen LogP contribution in [0.1, 0.15) is 10.4 Å². The molecule has 0 radical (unpaired) electrons. The minimum Gasteiger partial charge on any atom is -0.351 e. The van der Waals surface area contributed by atoms with Gasteiger partial charge in [0.1, 0.15) is 17.2 Å². The monoisotopic (exact) mass is 325 g/mol. The Hall–Kier alpha value is -0.820. The van der Waals surface area contributed by atoms with E-state index in [1.807, 2.05) is 0 Å². The molecule has 0 fully saturated rings. The summed E-state index contributed by atoms with van der Waals surface area (Å²) in [6.45, 7) is 0.108. The van der Waals surface area contributed by atoms with E-state index >= 15 is 0 Å². The minimum absolute atomic E-state index is 0.108. The largest absolute Gasteiger partial charge is 0.351 e. The normalized spacial score (nSPS) is 12.2. The van der Waals surface area contributed by atoms with E-state index in [0.29, 0.717) is 0 Å². The van der Waals surface area contributed by atoms with Crippen molar-refractivity contribution in [1.29, 1.82) is 0 Å². The molecule has 0 heterocycles. The van der Waals surface area contributed by atoms with Gasteiger partial charge in [-0.15, -0.1) is 0 Å². The van der Waals surface area contributed by atoms with Crippen LogP contribution in [-0.2, 0) is 10.8 Å².